The van der Waals surface area contributed by atoms with Crippen LogP contribution in [0.3, 0.4) is 0 Å². The molecule has 0 radical (unpaired) electrons. The number of allylic oxidation sites excluding steroid dienone is 6. The zero-order chi connectivity index (χ0) is 50.7. The third-order valence-electron chi connectivity index (χ3n) is 13.9. The van der Waals surface area contributed by atoms with Crippen molar-refractivity contribution in [2.45, 2.75) is 341 Å². The molecule has 0 saturated heterocycles. The summed E-state index contributed by atoms with van der Waals surface area (Å²) in [6.45, 7) is 6.61. The standard InChI is InChI=1S/C64H118O6/c1-4-7-10-13-16-18-20-22-24-26-28-30-31-32-33-35-36-38-40-42-44-46-48-51-54-57-63(66)69-60-61(59-68-62(65)56-53-50-15-12-9-6-3)70-64(67)58-55-52-49-47-45-43-41-39-37-34-29-27-25-23-21-19-17-14-11-8-5-2/h21,23,27,29,37,39,61H,4-20,22,24-26,28,30-36,38,40-60H2,1-3H3/b23-21-,29-27-,39-37-. The molecule has 0 amide bonds. The summed E-state index contributed by atoms with van der Waals surface area (Å²) in [6.07, 6.45) is 71.9. The molecule has 410 valence electrons. The Balaban J connectivity index is 4.08. The van der Waals surface area contributed by atoms with Gasteiger partial charge in [0.1, 0.15) is 13.2 Å². The van der Waals surface area contributed by atoms with Gasteiger partial charge in [0.25, 0.3) is 0 Å². The van der Waals surface area contributed by atoms with Gasteiger partial charge < -0.3 is 14.2 Å². The molecule has 0 aromatic carbocycles. The summed E-state index contributed by atoms with van der Waals surface area (Å²) in [7, 11) is 0. The molecule has 0 bridgehead atoms. The molecule has 0 N–H and O–H groups in total. The lowest BCUT2D eigenvalue weighted by Gasteiger charge is -2.18. The maximum Gasteiger partial charge on any atom is 0.306 e. The summed E-state index contributed by atoms with van der Waals surface area (Å²) in [5.41, 5.74) is 0. The molecule has 0 aliphatic carbocycles. The van der Waals surface area contributed by atoms with Crippen LogP contribution in [0.15, 0.2) is 36.5 Å². The van der Waals surface area contributed by atoms with E-state index in [4.69, 9.17) is 14.2 Å². The Kier molecular flexibility index (Phi) is 57.2. The van der Waals surface area contributed by atoms with Gasteiger partial charge in [-0.1, -0.05) is 295 Å². The second-order valence-electron chi connectivity index (χ2n) is 21.0. The Morgan fingerprint density at radius 3 is 0.800 bits per heavy atom. The molecular weight excluding hydrogens is 865 g/mol. The van der Waals surface area contributed by atoms with Crippen molar-refractivity contribution in [1.82, 2.24) is 0 Å². The Morgan fingerprint density at radius 2 is 0.514 bits per heavy atom. The third kappa shape index (κ3) is 56.5. The van der Waals surface area contributed by atoms with E-state index in [0.29, 0.717) is 19.3 Å². The largest absolute Gasteiger partial charge is 0.462 e. The van der Waals surface area contributed by atoms with Crippen LogP contribution in [-0.2, 0) is 28.6 Å². The molecule has 6 heteroatoms. The number of rotatable bonds is 57. The highest BCUT2D eigenvalue weighted by atomic mass is 16.6. The van der Waals surface area contributed by atoms with E-state index in [9.17, 15) is 14.4 Å². The summed E-state index contributed by atoms with van der Waals surface area (Å²) in [5, 5.41) is 0. The van der Waals surface area contributed by atoms with E-state index in [0.717, 1.165) is 77.0 Å². The van der Waals surface area contributed by atoms with Crippen LogP contribution in [0.2, 0.25) is 0 Å². The molecule has 1 atom stereocenters. The van der Waals surface area contributed by atoms with E-state index in [1.165, 1.54) is 218 Å². The van der Waals surface area contributed by atoms with Crippen molar-refractivity contribution in [3.05, 3.63) is 36.5 Å². The molecule has 0 saturated carbocycles. The van der Waals surface area contributed by atoms with Crippen LogP contribution in [0.1, 0.15) is 335 Å². The quantitative estimate of drug-likeness (QED) is 0.0261. The lowest BCUT2D eigenvalue weighted by molar-refractivity contribution is -0.167. The van der Waals surface area contributed by atoms with Gasteiger partial charge in [-0.25, -0.2) is 0 Å². The van der Waals surface area contributed by atoms with Crippen LogP contribution in [-0.4, -0.2) is 37.2 Å². The first kappa shape index (κ1) is 67.6. The third-order valence-corrected chi connectivity index (χ3v) is 13.9. The molecule has 0 spiro atoms. The first-order valence-corrected chi connectivity index (χ1v) is 31.0. The molecule has 0 aliphatic heterocycles. The molecule has 0 fully saturated rings. The number of hydrogen-bond donors (Lipinski definition) is 0. The fourth-order valence-electron chi connectivity index (χ4n) is 9.22. The summed E-state index contributed by atoms with van der Waals surface area (Å²) in [4.78, 5) is 37.9. The molecular formula is C64H118O6. The van der Waals surface area contributed by atoms with Crippen LogP contribution in [0.25, 0.3) is 0 Å². The normalized spacial score (nSPS) is 12.2. The lowest BCUT2D eigenvalue weighted by Crippen LogP contribution is -2.30. The first-order valence-electron chi connectivity index (χ1n) is 31.0. The second kappa shape index (κ2) is 59.2. The molecule has 70 heavy (non-hydrogen) atoms. The molecule has 0 rings (SSSR count). The van der Waals surface area contributed by atoms with Crippen molar-refractivity contribution in [2.24, 2.45) is 0 Å². The maximum atomic E-state index is 12.8. The molecule has 6 nitrogen and oxygen atoms in total. The number of carbonyl (C=O) groups excluding carboxylic acids is 3. The van der Waals surface area contributed by atoms with E-state index in [-0.39, 0.29) is 31.1 Å². The Labute approximate surface area is 435 Å². The van der Waals surface area contributed by atoms with Gasteiger partial charge in [0.15, 0.2) is 6.10 Å². The van der Waals surface area contributed by atoms with Crippen molar-refractivity contribution in [3.63, 3.8) is 0 Å². The number of unbranched alkanes of at least 4 members (excludes halogenated alkanes) is 40. The van der Waals surface area contributed by atoms with Crippen LogP contribution in [0.5, 0.6) is 0 Å². The van der Waals surface area contributed by atoms with Crippen LogP contribution in [0.4, 0.5) is 0 Å². The number of hydrogen-bond acceptors (Lipinski definition) is 6. The van der Waals surface area contributed by atoms with Gasteiger partial charge in [0, 0.05) is 19.3 Å². The van der Waals surface area contributed by atoms with Gasteiger partial charge >= 0.3 is 17.9 Å². The fraction of sp³-hybridized carbons (Fsp3) is 0.859. The monoisotopic (exact) mass is 983 g/mol. The van der Waals surface area contributed by atoms with Crippen molar-refractivity contribution >= 4 is 17.9 Å². The van der Waals surface area contributed by atoms with Gasteiger partial charge in [-0.05, 0) is 57.8 Å². The topological polar surface area (TPSA) is 78.9 Å². The fourth-order valence-corrected chi connectivity index (χ4v) is 9.22. The lowest BCUT2D eigenvalue weighted by atomic mass is 10.0. The summed E-state index contributed by atoms with van der Waals surface area (Å²) in [6, 6.07) is 0. The van der Waals surface area contributed by atoms with Crippen LogP contribution in [0, 0.1) is 0 Å². The van der Waals surface area contributed by atoms with Crippen LogP contribution >= 0.6 is 0 Å². The van der Waals surface area contributed by atoms with E-state index in [1.54, 1.807) is 0 Å². The SMILES string of the molecule is CCCCCCC/C=C\C/C=C\C/C=C\CCCCCCCCC(=O)OC(COC(=O)CCCCCCCC)COC(=O)CCCCCCCCCCCCCCCCCCCCCCCCCCC. The molecule has 0 heterocycles. The summed E-state index contributed by atoms with van der Waals surface area (Å²) < 4.78 is 16.8. The number of ether oxygens (including phenoxy) is 3. The van der Waals surface area contributed by atoms with E-state index >= 15 is 0 Å². The number of esters is 3. The van der Waals surface area contributed by atoms with Crippen molar-refractivity contribution in [3.8, 4) is 0 Å². The minimum Gasteiger partial charge on any atom is -0.462 e. The highest BCUT2D eigenvalue weighted by Crippen LogP contribution is 2.17. The Morgan fingerprint density at radius 1 is 0.286 bits per heavy atom. The Bertz CT molecular complexity index is 1170. The molecule has 0 aromatic heterocycles. The average molecular weight is 984 g/mol. The molecule has 0 aromatic rings. The van der Waals surface area contributed by atoms with E-state index in [2.05, 4.69) is 57.2 Å². The van der Waals surface area contributed by atoms with Gasteiger partial charge in [-0.2, -0.15) is 0 Å². The van der Waals surface area contributed by atoms with E-state index in [1.807, 2.05) is 0 Å². The first-order chi connectivity index (χ1) is 34.5. The molecule has 0 aliphatic rings. The summed E-state index contributed by atoms with van der Waals surface area (Å²) >= 11 is 0. The van der Waals surface area contributed by atoms with Gasteiger partial charge in [-0.3, -0.25) is 14.4 Å². The predicted octanol–water partition coefficient (Wildman–Crippen LogP) is 20.8. The number of carbonyl (C=O) groups is 3. The smallest absolute Gasteiger partial charge is 0.306 e. The Hall–Kier alpha value is -2.37. The minimum absolute atomic E-state index is 0.0737. The van der Waals surface area contributed by atoms with Crippen molar-refractivity contribution in [2.75, 3.05) is 13.2 Å². The minimum atomic E-state index is -0.774. The summed E-state index contributed by atoms with van der Waals surface area (Å²) in [5.74, 6) is -0.878. The van der Waals surface area contributed by atoms with Crippen molar-refractivity contribution < 1.29 is 28.6 Å². The highest BCUT2D eigenvalue weighted by Gasteiger charge is 2.19. The highest BCUT2D eigenvalue weighted by molar-refractivity contribution is 5.71. The second-order valence-corrected chi connectivity index (χ2v) is 21.0. The average Bonchev–Trinajstić information content (AvgIpc) is 3.36. The van der Waals surface area contributed by atoms with Crippen LogP contribution < -0.4 is 0 Å². The van der Waals surface area contributed by atoms with E-state index < -0.39 is 6.10 Å². The molecule has 1 unspecified atom stereocenters. The zero-order valence-corrected chi connectivity index (χ0v) is 47.1. The van der Waals surface area contributed by atoms with Gasteiger partial charge in [0.2, 0.25) is 0 Å². The predicted molar refractivity (Wildman–Crippen MR) is 302 cm³/mol. The zero-order valence-electron chi connectivity index (χ0n) is 47.1. The van der Waals surface area contributed by atoms with Gasteiger partial charge in [-0.15, -0.1) is 0 Å². The van der Waals surface area contributed by atoms with Crippen molar-refractivity contribution in [1.29, 1.82) is 0 Å². The van der Waals surface area contributed by atoms with Gasteiger partial charge in [0.05, 0.1) is 0 Å². The maximum absolute atomic E-state index is 12.8.